The molecule has 0 saturated heterocycles. The van der Waals surface area contributed by atoms with Crippen LogP contribution in [0.15, 0.2) is 64.5 Å². The van der Waals surface area contributed by atoms with Gasteiger partial charge in [0.2, 0.25) is 0 Å². The van der Waals surface area contributed by atoms with Crippen molar-refractivity contribution in [3.8, 4) is 0 Å². The maximum absolute atomic E-state index is 12.6. The first-order valence-electron chi connectivity index (χ1n) is 7.12. The van der Waals surface area contributed by atoms with Crippen LogP contribution < -0.4 is 10.0 Å². The van der Waals surface area contributed by atoms with Gasteiger partial charge in [-0.25, -0.2) is 8.42 Å². The van der Waals surface area contributed by atoms with Gasteiger partial charge in [0, 0.05) is 11.0 Å². The highest BCUT2D eigenvalue weighted by atomic mass is 79.9. The van der Waals surface area contributed by atoms with Gasteiger partial charge >= 0.3 is 0 Å². The van der Waals surface area contributed by atoms with Crippen LogP contribution in [-0.2, 0) is 10.0 Å². The van der Waals surface area contributed by atoms with E-state index in [2.05, 4.69) is 32.5 Å². The number of carbonyl (C=O) groups excluding carboxylic acids is 1. The SMILES string of the molecule is C=CCNC(=O)c1ccccc1NS(=O)(=O)c1ccc(C)cc1Br. The Hall–Kier alpha value is -2.12. The summed E-state index contributed by atoms with van der Waals surface area (Å²) in [5.74, 6) is -0.379. The Labute approximate surface area is 150 Å². The monoisotopic (exact) mass is 408 g/mol. The first-order chi connectivity index (χ1) is 11.3. The van der Waals surface area contributed by atoms with Crippen LogP contribution in [0.1, 0.15) is 15.9 Å². The quantitative estimate of drug-likeness (QED) is 0.718. The second kappa shape index (κ2) is 7.63. The van der Waals surface area contributed by atoms with E-state index in [1.54, 1.807) is 42.5 Å². The summed E-state index contributed by atoms with van der Waals surface area (Å²) in [6.07, 6.45) is 1.55. The van der Waals surface area contributed by atoms with E-state index in [9.17, 15) is 13.2 Å². The molecule has 2 aromatic carbocycles. The minimum Gasteiger partial charge on any atom is -0.349 e. The number of carbonyl (C=O) groups is 1. The van der Waals surface area contributed by atoms with Gasteiger partial charge in [-0.2, -0.15) is 0 Å². The van der Waals surface area contributed by atoms with E-state index in [1.807, 2.05) is 6.92 Å². The van der Waals surface area contributed by atoms with Crippen LogP contribution in [0.2, 0.25) is 0 Å². The zero-order valence-corrected chi connectivity index (χ0v) is 15.4. The Balaban J connectivity index is 2.36. The van der Waals surface area contributed by atoms with Crippen molar-refractivity contribution in [3.63, 3.8) is 0 Å². The average molecular weight is 409 g/mol. The van der Waals surface area contributed by atoms with E-state index < -0.39 is 10.0 Å². The van der Waals surface area contributed by atoms with Crippen molar-refractivity contribution in [3.05, 3.63) is 70.7 Å². The van der Waals surface area contributed by atoms with Crippen molar-refractivity contribution >= 4 is 37.5 Å². The molecule has 2 rings (SSSR count). The molecular weight excluding hydrogens is 392 g/mol. The number of hydrogen-bond acceptors (Lipinski definition) is 3. The first kappa shape index (κ1) is 18.2. The van der Waals surface area contributed by atoms with Crippen molar-refractivity contribution in [1.82, 2.24) is 5.32 Å². The Morgan fingerprint density at radius 1 is 1.25 bits per heavy atom. The van der Waals surface area contributed by atoms with Gasteiger partial charge in [-0.1, -0.05) is 24.3 Å². The molecule has 1 amide bonds. The number of benzene rings is 2. The van der Waals surface area contributed by atoms with Crippen molar-refractivity contribution < 1.29 is 13.2 Å². The number of nitrogens with one attached hydrogen (secondary N) is 2. The maximum atomic E-state index is 12.6. The van der Waals surface area contributed by atoms with Gasteiger partial charge in [-0.15, -0.1) is 6.58 Å². The molecule has 0 saturated carbocycles. The number of anilines is 1. The summed E-state index contributed by atoms with van der Waals surface area (Å²) in [4.78, 5) is 12.3. The van der Waals surface area contributed by atoms with Crippen molar-refractivity contribution in [2.75, 3.05) is 11.3 Å². The number of sulfonamides is 1. The average Bonchev–Trinajstić information content (AvgIpc) is 2.52. The lowest BCUT2D eigenvalue weighted by Gasteiger charge is -2.13. The van der Waals surface area contributed by atoms with Gasteiger partial charge in [0.15, 0.2) is 0 Å². The smallest absolute Gasteiger partial charge is 0.263 e. The summed E-state index contributed by atoms with van der Waals surface area (Å²) in [6.45, 7) is 5.70. The van der Waals surface area contributed by atoms with E-state index in [4.69, 9.17) is 0 Å². The molecular formula is C17H17BrN2O3S. The first-order valence-corrected chi connectivity index (χ1v) is 9.40. The topological polar surface area (TPSA) is 75.3 Å². The normalized spacial score (nSPS) is 10.9. The Bertz CT molecular complexity index is 879. The molecule has 5 nitrogen and oxygen atoms in total. The Morgan fingerprint density at radius 2 is 1.96 bits per heavy atom. The van der Waals surface area contributed by atoms with Crippen molar-refractivity contribution in [2.24, 2.45) is 0 Å². The molecule has 0 aliphatic rings. The van der Waals surface area contributed by atoms with Crippen molar-refractivity contribution in [1.29, 1.82) is 0 Å². The molecule has 0 unspecified atom stereocenters. The van der Waals surface area contributed by atoms with Crippen LogP contribution in [-0.4, -0.2) is 20.9 Å². The van der Waals surface area contributed by atoms with Gasteiger partial charge in [0.05, 0.1) is 11.3 Å². The van der Waals surface area contributed by atoms with Crippen LogP contribution in [0.25, 0.3) is 0 Å². The summed E-state index contributed by atoms with van der Waals surface area (Å²) >= 11 is 3.27. The van der Waals surface area contributed by atoms with Crippen LogP contribution in [0.5, 0.6) is 0 Å². The molecule has 0 bridgehead atoms. The third-order valence-electron chi connectivity index (χ3n) is 3.20. The molecule has 0 heterocycles. The van der Waals surface area contributed by atoms with Gasteiger partial charge in [-0.3, -0.25) is 9.52 Å². The fraction of sp³-hybridized carbons (Fsp3) is 0.118. The summed E-state index contributed by atoms with van der Waals surface area (Å²) in [5.41, 5.74) is 1.39. The lowest BCUT2D eigenvalue weighted by molar-refractivity contribution is 0.0959. The zero-order valence-electron chi connectivity index (χ0n) is 13.0. The molecule has 0 fully saturated rings. The molecule has 7 heteroatoms. The summed E-state index contributed by atoms with van der Waals surface area (Å²) in [7, 11) is -3.83. The number of halogens is 1. The number of aryl methyl sites for hydroxylation is 1. The Morgan fingerprint density at radius 3 is 2.62 bits per heavy atom. The van der Waals surface area contributed by atoms with E-state index in [1.165, 1.54) is 6.07 Å². The highest BCUT2D eigenvalue weighted by molar-refractivity contribution is 9.10. The highest BCUT2D eigenvalue weighted by Gasteiger charge is 2.20. The van der Waals surface area contributed by atoms with Gasteiger partial charge < -0.3 is 5.32 Å². The molecule has 0 spiro atoms. The van der Waals surface area contributed by atoms with Gasteiger partial charge in [0.25, 0.3) is 15.9 Å². The minimum atomic E-state index is -3.83. The lowest BCUT2D eigenvalue weighted by Crippen LogP contribution is -2.25. The molecule has 0 atom stereocenters. The standard InChI is InChI=1S/C17H17BrN2O3S/c1-3-10-19-17(21)13-6-4-5-7-15(13)20-24(22,23)16-9-8-12(2)11-14(16)18/h3-9,11,20H,1,10H2,2H3,(H,19,21). The molecule has 2 aromatic rings. The summed E-state index contributed by atoms with van der Waals surface area (Å²) < 4.78 is 28.2. The summed E-state index contributed by atoms with van der Waals surface area (Å²) in [6, 6.07) is 11.4. The number of para-hydroxylation sites is 1. The maximum Gasteiger partial charge on any atom is 0.263 e. The molecule has 0 aliphatic heterocycles. The second-order valence-electron chi connectivity index (χ2n) is 5.08. The van der Waals surface area contributed by atoms with E-state index in [-0.39, 0.29) is 22.1 Å². The predicted molar refractivity (Wildman–Crippen MR) is 98.7 cm³/mol. The summed E-state index contributed by atoms with van der Waals surface area (Å²) in [5, 5.41) is 2.63. The third kappa shape index (κ3) is 4.24. The molecule has 126 valence electrons. The fourth-order valence-electron chi connectivity index (χ4n) is 2.05. The van der Waals surface area contributed by atoms with E-state index in [0.29, 0.717) is 11.0 Å². The molecule has 0 radical (unpaired) electrons. The van der Waals surface area contributed by atoms with Gasteiger partial charge in [0.1, 0.15) is 4.90 Å². The number of rotatable bonds is 6. The van der Waals surface area contributed by atoms with Crippen molar-refractivity contribution in [2.45, 2.75) is 11.8 Å². The fourth-order valence-corrected chi connectivity index (χ4v) is 4.33. The Kier molecular flexibility index (Phi) is 5.80. The molecule has 2 N–H and O–H groups in total. The zero-order chi connectivity index (χ0) is 17.7. The van der Waals surface area contributed by atoms with Crippen LogP contribution in [0.3, 0.4) is 0 Å². The van der Waals surface area contributed by atoms with Crippen LogP contribution >= 0.6 is 15.9 Å². The van der Waals surface area contributed by atoms with Crippen LogP contribution in [0.4, 0.5) is 5.69 Å². The van der Waals surface area contributed by atoms with Gasteiger partial charge in [-0.05, 0) is 52.7 Å². The minimum absolute atomic E-state index is 0.106. The number of hydrogen-bond donors (Lipinski definition) is 2. The molecule has 24 heavy (non-hydrogen) atoms. The molecule has 0 aliphatic carbocycles. The second-order valence-corrected chi connectivity index (χ2v) is 7.59. The van der Waals surface area contributed by atoms with E-state index >= 15 is 0 Å². The number of amides is 1. The third-order valence-corrected chi connectivity index (χ3v) is 5.54. The largest absolute Gasteiger partial charge is 0.349 e. The highest BCUT2D eigenvalue weighted by Crippen LogP contribution is 2.26. The molecule has 0 aromatic heterocycles. The predicted octanol–water partition coefficient (Wildman–Crippen LogP) is 3.47. The lowest BCUT2D eigenvalue weighted by atomic mass is 10.1. The van der Waals surface area contributed by atoms with Crippen LogP contribution in [0, 0.1) is 6.92 Å². The van der Waals surface area contributed by atoms with E-state index in [0.717, 1.165) is 5.56 Å².